The Bertz CT molecular complexity index is 491. The molecule has 1 aromatic rings. The molecule has 19 heavy (non-hydrogen) atoms. The van der Waals surface area contributed by atoms with E-state index >= 15 is 0 Å². The van der Waals surface area contributed by atoms with Crippen LogP contribution in [0, 0.1) is 10.1 Å². The molecule has 1 saturated heterocycles. The van der Waals surface area contributed by atoms with Gasteiger partial charge in [0.25, 0.3) is 5.69 Å². The first-order chi connectivity index (χ1) is 8.87. The maximum Gasteiger partial charge on any atom is 0.271 e. The maximum atomic E-state index is 10.8. The number of non-ortho nitro benzene ring substituents is 1. The van der Waals surface area contributed by atoms with E-state index in [1.165, 1.54) is 12.1 Å². The van der Waals surface area contributed by atoms with Crippen molar-refractivity contribution in [2.45, 2.75) is 38.3 Å². The van der Waals surface area contributed by atoms with Crippen molar-refractivity contribution in [2.24, 2.45) is 0 Å². The first-order valence-electron chi connectivity index (χ1n) is 6.22. The van der Waals surface area contributed by atoms with E-state index < -0.39 is 4.92 Å². The third-order valence-corrected chi connectivity index (χ3v) is 3.55. The normalized spacial score (nSPS) is 21.9. The largest absolute Gasteiger partial charge is 0.381 e. The van der Waals surface area contributed by atoms with Crippen molar-refractivity contribution in [1.82, 2.24) is 0 Å². The van der Waals surface area contributed by atoms with E-state index in [1.807, 2.05) is 13.8 Å². The van der Waals surface area contributed by atoms with Crippen molar-refractivity contribution >= 4 is 23.0 Å². The summed E-state index contributed by atoms with van der Waals surface area (Å²) < 4.78 is 5.64. The van der Waals surface area contributed by atoms with Crippen molar-refractivity contribution in [2.75, 3.05) is 11.9 Å². The second-order valence-electron chi connectivity index (χ2n) is 5.36. The number of hydrogen-bond donors (Lipinski definition) is 1. The molecule has 1 aliphatic heterocycles. The lowest BCUT2D eigenvalue weighted by molar-refractivity contribution is -0.384. The zero-order valence-corrected chi connectivity index (χ0v) is 11.7. The van der Waals surface area contributed by atoms with E-state index in [0.717, 1.165) is 12.8 Å². The summed E-state index contributed by atoms with van der Waals surface area (Å²) in [7, 11) is 0. The van der Waals surface area contributed by atoms with Crippen LogP contribution in [-0.2, 0) is 4.74 Å². The Balaban J connectivity index is 2.14. The van der Waals surface area contributed by atoms with E-state index in [2.05, 4.69) is 5.32 Å². The Kier molecular flexibility index (Phi) is 3.96. The van der Waals surface area contributed by atoms with Crippen LogP contribution in [0.3, 0.4) is 0 Å². The van der Waals surface area contributed by atoms with E-state index in [9.17, 15) is 10.1 Å². The number of ether oxygens (including phenoxy) is 1. The molecule has 1 aromatic carbocycles. The molecule has 0 aliphatic carbocycles. The molecule has 1 fully saturated rings. The SMILES string of the molecule is CC1(C)CC(Nc2cc([N+](=O)[O-])ccc2Cl)CCO1. The molecule has 0 radical (unpaired) electrons. The van der Waals surface area contributed by atoms with Gasteiger partial charge in [0, 0.05) is 24.8 Å². The number of nitro groups is 1. The predicted molar refractivity (Wildman–Crippen MR) is 74.8 cm³/mol. The molecule has 0 spiro atoms. The van der Waals surface area contributed by atoms with Gasteiger partial charge in [-0.3, -0.25) is 10.1 Å². The molecule has 1 unspecified atom stereocenters. The van der Waals surface area contributed by atoms with Crippen LogP contribution in [-0.4, -0.2) is 23.2 Å². The molecule has 0 bridgehead atoms. The van der Waals surface area contributed by atoms with Gasteiger partial charge in [-0.05, 0) is 32.8 Å². The lowest BCUT2D eigenvalue weighted by atomic mass is 9.94. The number of hydrogen-bond acceptors (Lipinski definition) is 4. The number of nitro benzene ring substituents is 1. The summed E-state index contributed by atoms with van der Waals surface area (Å²) in [6.07, 6.45) is 1.70. The summed E-state index contributed by atoms with van der Waals surface area (Å²) in [4.78, 5) is 10.4. The highest BCUT2D eigenvalue weighted by molar-refractivity contribution is 6.33. The van der Waals surface area contributed by atoms with Crippen LogP contribution in [0.25, 0.3) is 0 Å². The average Bonchev–Trinajstić information content (AvgIpc) is 2.30. The minimum atomic E-state index is -0.421. The summed E-state index contributed by atoms with van der Waals surface area (Å²) >= 11 is 6.07. The number of anilines is 1. The summed E-state index contributed by atoms with van der Waals surface area (Å²) in [5.41, 5.74) is 0.472. The number of rotatable bonds is 3. The summed E-state index contributed by atoms with van der Waals surface area (Å²) in [6.45, 7) is 4.75. The Hall–Kier alpha value is -1.33. The Morgan fingerprint density at radius 3 is 2.89 bits per heavy atom. The van der Waals surface area contributed by atoms with Gasteiger partial charge >= 0.3 is 0 Å². The highest BCUT2D eigenvalue weighted by atomic mass is 35.5. The highest BCUT2D eigenvalue weighted by Gasteiger charge is 2.29. The van der Waals surface area contributed by atoms with Crippen LogP contribution in [0.4, 0.5) is 11.4 Å². The van der Waals surface area contributed by atoms with Crippen LogP contribution in [0.15, 0.2) is 18.2 Å². The molecule has 0 amide bonds. The van der Waals surface area contributed by atoms with Gasteiger partial charge in [0.15, 0.2) is 0 Å². The van der Waals surface area contributed by atoms with Crippen LogP contribution in [0.1, 0.15) is 26.7 Å². The van der Waals surface area contributed by atoms with E-state index in [0.29, 0.717) is 17.3 Å². The molecule has 0 saturated carbocycles. The molecule has 1 aliphatic rings. The Morgan fingerprint density at radius 2 is 2.26 bits per heavy atom. The molecule has 0 aromatic heterocycles. The van der Waals surface area contributed by atoms with Gasteiger partial charge in [0.2, 0.25) is 0 Å². The number of nitrogens with one attached hydrogen (secondary N) is 1. The van der Waals surface area contributed by atoms with Crippen molar-refractivity contribution in [3.05, 3.63) is 33.3 Å². The number of benzene rings is 1. The third-order valence-electron chi connectivity index (χ3n) is 3.22. The van der Waals surface area contributed by atoms with E-state index in [4.69, 9.17) is 16.3 Å². The van der Waals surface area contributed by atoms with Gasteiger partial charge in [0.1, 0.15) is 0 Å². The molecule has 104 valence electrons. The summed E-state index contributed by atoms with van der Waals surface area (Å²) in [5.74, 6) is 0. The molecule has 1 N–H and O–H groups in total. The van der Waals surface area contributed by atoms with Gasteiger partial charge in [-0.25, -0.2) is 0 Å². The second-order valence-corrected chi connectivity index (χ2v) is 5.77. The van der Waals surface area contributed by atoms with Gasteiger partial charge in [-0.2, -0.15) is 0 Å². The van der Waals surface area contributed by atoms with Gasteiger partial charge in [0.05, 0.1) is 21.2 Å². The third kappa shape index (κ3) is 3.58. The maximum absolute atomic E-state index is 10.8. The zero-order chi connectivity index (χ0) is 14.0. The Morgan fingerprint density at radius 1 is 1.53 bits per heavy atom. The Labute approximate surface area is 117 Å². The average molecular weight is 285 g/mol. The lowest BCUT2D eigenvalue weighted by Gasteiger charge is -2.36. The quantitative estimate of drug-likeness (QED) is 0.680. The monoisotopic (exact) mass is 284 g/mol. The minimum Gasteiger partial charge on any atom is -0.381 e. The number of nitrogens with zero attached hydrogens (tertiary/aromatic N) is 1. The second kappa shape index (κ2) is 5.35. The summed E-state index contributed by atoms with van der Waals surface area (Å²) in [6, 6.07) is 4.64. The standard InChI is InChI=1S/C13H17ClN2O3/c1-13(2)8-9(5-6-19-13)15-12-7-10(16(17)18)3-4-11(12)14/h3-4,7,9,15H,5-6,8H2,1-2H3. The topological polar surface area (TPSA) is 64.4 Å². The molecule has 1 atom stereocenters. The number of halogens is 1. The fraction of sp³-hybridized carbons (Fsp3) is 0.538. The minimum absolute atomic E-state index is 0.0400. The highest BCUT2D eigenvalue weighted by Crippen LogP contribution is 2.31. The molecule has 2 rings (SSSR count). The van der Waals surface area contributed by atoms with E-state index in [-0.39, 0.29) is 17.3 Å². The molecular formula is C13H17ClN2O3. The smallest absolute Gasteiger partial charge is 0.271 e. The van der Waals surface area contributed by atoms with E-state index in [1.54, 1.807) is 6.07 Å². The van der Waals surface area contributed by atoms with Crippen molar-refractivity contribution in [3.8, 4) is 0 Å². The molecule has 1 heterocycles. The fourth-order valence-corrected chi connectivity index (χ4v) is 2.48. The first-order valence-corrected chi connectivity index (χ1v) is 6.60. The van der Waals surface area contributed by atoms with Crippen molar-refractivity contribution in [3.63, 3.8) is 0 Å². The van der Waals surface area contributed by atoms with Gasteiger partial charge in [-0.1, -0.05) is 11.6 Å². The van der Waals surface area contributed by atoms with Gasteiger partial charge in [-0.15, -0.1) is 0 Å². The van der Waals surface area contributed by atoms with Crippen molar-refractivity contribution < 1.29 is 9.66 Å². The molecular weight excluding hydrogens is 268 g/mol. The first kappa shape index (κ1) is 14.1. The van der Waals surface area contributed by atoms with Crippen LogP contribution < -0.4 is 5.32 Å². The molecule has 5 nitrogen and oxygen atoms in total. The predicted octanol–water partition coefficient (Wildman–Crippen LogP) is 3.62. The fourth-order valence-electron chi connectivity index (χ4n) is 2.31. The summed E-state index contributed by atoms with van der Waals surface area (Å²) in [5, 5.41) is 14.6. The van der Waals surface area contributed by atoms with Crippen LogP contribution in [0.5, 0.6) is 0 Å². The lowest BCUT2D eigenvalue weighted by Crippen LogP contribution is -2.40. The van der Waals surface area contributed by atoms with Crippen molar-refractivity contribution in [1.29, 1.82) is 0 Å². The van der Waals surface area contributed by atoms with Crippen LogP contribution >= 0.6 is 11.6 Å². The van der Waals surface area contributed by atoms with Crippen LogP contribution in [0.2, 0.25) is 5.02 Å². The zero-order valence-electron chi connectivity index (χ0n) is 11.0. The van der Waals surface area contributed by atoms with Gasteiger partial charge < -0.3 is 10.1 Å². The molecule has 6 heteroatoms.